The zero-order chi connectivity index (χ0) is 15.6. The molecular formula is C19H25N3O. The van der Waals surface area contributed by atoms with Gasteiger partial charge in [0.1, 0.15) is 17.3 Å². The molecule has 0 atom stereocenters. The van der Waals surface area contributed by atoms with Crippen molar-refractivity contribution in [1.82, 2.24) is 14.9 Å². The maximum Gasteiger partial charge on any atom is 0.131 e. The molecule has 0 amide bonds. The van der Waals surface area contributed by atoms with E-state index in [2.05, 4.69) is 17.2 Å². The first-order valence-electron chi connectivity index (χ1n) is 8.90. The Morgan fingerprint density at radius 1 is 1.22 bits per heavy atom. The molecule has 1 aliphatic carbocycles. The Hall–Kier alpha value is -1.68. The highest BCUT2D eigenvalue weighted by atomic mass is 16.3. The highest BCUT2D eigenvalue weighted by molar-refractivity contribution is 5.22. The molecule has 0 aromatic carbocycles. The smallest absolute Gasteiger partial charge is 0.131 e. The van der Waals surface area contributed by atoms with Crippen LogP contribution in [0, 0.1) is 6.92 Å². The summed E-state index contributed by atoms with van der Waals surface area (Å²) in [5.41, 5.74) is 2.56. The second-order valence-corrected chi connectivity index (χ2v) is 7.01. The van der Waals surface area contributed by atoms with Gasteiger partial charge in [-0.2, -0.15) is 0 Å². The molecule has 2 aromatic rings. The van der Waals surface area contributed by atoms with Crippen molar-refractivity contribution in [2.45, 2.75) is 64.5 Å². The molecule has 1 fully saturated rings. The first kappa shape index (κ1) is 14.9. The molecule has 2 aromatic heterocycles. The highest BCUT2D eigenvalue weighted by Gasteiger charge is 2.23. The number of hydrogen-bond donors (Lipinski definition) is 0. The Bertz CT molecular complexity index is 673. The molecule has 3 heterocycles. The average molecular weight is 311 g/mol. The zero-order valence-electron chi connectivity index (χ0n) is 13.9. The first-order valence-corrected chi connectivity index (χ1v) is 8.90. The molecule has 0 saturated heterocycles. The summed E-state index contributed by atoms with van der Waals surface area (Å²) in [5.74, 6) is 3.72. The third kappa shape index (κ3) is 3.32. The monoisotopic (exact) mass is 311 g/mol. The molecule has 122 valence electrons. The number of nitrogens with zero attached hydrogens (tertiary/aromatic N) is 3. The number of hydrogen-bond acceptors (Lipinski definition) is 4. The second-order valence-electron chi connectivity index (χ2n) is 7.01. The predicted molar refractivity (Wildman–Crippen MR) is 89.1 cm³/mol. The van der Waals surface area contributed by atoms with Crippen LogP contribution in [0.15, 0.2) is 22.7 Å². The molecule has 0 radical (unpaired) electrons. The maximum absolute atomic E-state index is 5.70. The Labute approximate surface area is 137 Å². The third-order valence-corrected chi connectivity index (χ3v) is 5.18. The fourth-order valence-electron chi connectivity index (χ4n) is 3.87. The van der Waals surface area contributed by atoms with Crippen molar-refractivity contribution in [1.29, 1.82) is 0 Å². The fraction of sp³-hybridized carbons (Fsp3) is 0.579. The zero-order valence-corrected chi connectivity index (χ0v) is 13.9. The lowest BCUT2D eigenvalue weighted by Crippen LogP contribution is -2.31. The summed E-state index contributed by atoms with van der Waals surface area (Å²) in [6, 6.07) is 4.11. The molecular weight excluding hydrogens is 286 g/mol. The van der Waals surface area contributed by atoms with Crippen LogP contribution in [0.5, 0.6) is 0 Å². The van der Waals surface area contributed by atoms with Crippen molar-refractivity contribution in [2.24, 2.45) is 0 Å². The number of fused-ring (bicyclic) bond motifs is 1. The quantitative estimate of drug-likeness (QED) is 0.859. The highest BCUT2D eigenvalue weighted by Crippen LogP contribution is 2.31. The third-order valence-electron chi connectivity index (χ3n) is 5.18. The molecule has 1 saturated carbocycles. The minimum absolute atomic E-state index is 0.596. The van der Waals surface area contributed by atoms with Gasteiger partial charge in [-0.1, -0.05) is 19.3 Å². The standard InChI is InChI=1S/C19H25N3O/c1-14-7-8-17(23-14)13-22-10-9-18-16(12-22)11-20-19(21-18)15-5-3-2-4-6-15/h7-8,11,15H,2-6,9-10,12-13H2,1H3. The van der Waals surface area contributed by atoms with Crippen molar-refractivity contribution < 1.29 is 4.42 Å². The molecule has 0 unspecified atom stereocenters. The second kappa shape index (κ2) is 6.44. The topological polar surface area (TPSA) is 42.2 Å². The van der Waals surface area contributed by atoms with Crippen molar-refractivity contribution in [3.63, 3.8) is 0 Å². The Morgan fingerprint density at radius 2 is 2.09 bits per heavy atom. The largest absolute Gasteiger partial charge is 0.465 e. The van der Waals surface area contributed by atoms with Gasteiger partial charge in [0, 0.05) is 42.9 Å². The van der Waals surface area contributed by atoms with E-state index in [1.54, 1.807) is 0 Å². The van der Waals surface area contributed by atoms with Crippen molar-refractivity contribution in [2.75, 3.05) is 6.54 Å². The Morgan fingerprint density at radius 3 is 2.87 bits per heavy atom. The van der Waals surface area contributed by atoms with Gasteiger partial charge in [0.05, 0.1) is 6.54 Å². The number of aromatic nitrogens is 2. The summed E-state index contributed by atoms with van der Waals surface area (Å²) in [4.78, 5) is 12.0. The Kier molecular flexibility index (Phi) is 4.17. The van der Waals surface area contributed by atoms with Gasteiger partial charge in [-0.25, -0.2) is 9.97 Å². The van der Waals surface area contributed by atoms with Crippen molar-refractivity contribution in [3.8, 4) is 0 Å². The van der Waals surface area contributed by atoms with E-state index in [1.807, 2.05) is 13.0 Å². The van der Waals surface area contributed by atoms with Gasteiger partial charge >= 0.3 is 0 Å². The van der Waals surface area contributed by atoms with Gasteiger partial charge in [0.25, 0.3) is 0 Å². The summed E-state index contributed by atoms with van der Waals surface area (Å²) in [6.07, 6.45) is 9.68. The van der Waals surface area contributed by atoms with Crippen molar-refractivity contribution in [3.05, 3.63) is 46.9 Å². The van der Waals surface area contributed by atoms with E-state index >= 15 is 0 Å². The molecule has 4 rings (SSSR count). The van der Waals surface area contributed by atoms with Crippen LogP contribution < -0.4 is 0 Å². The number of rotatable bonds is 3. The summed E-state index contributed by atoms with van der Waals surface area (Å²) in [7, 11) is 0. The SMILES string of the molecule is Cc1ccc(CN2CCc3nc(C4CCCCC4)ncc3C2)o1. The molecule has 4 nitrogen and oxygen atoms in total. The van der Waals surface area contributed by atoms with Crippen LogP contribution in [0.3, 0.4) is 0 Å². The molecule has 23 heavy (non-hydrogen) atoms. The van der Waals surface area contributed by atoms with Gasteiger partial charge in [0.15, 0.2) is 0 Å². The summed E-state index contributed by atoms with van der Waals surface area (Å²) >= 11 is 0. The molecule has 0 N–H and O–H groups in total. The van der Waals surface area contributed by atoms with E-state index in [9.17, 15) is 0 Å². The summed E-state index contributed by atoms with van der Waals surface area (Å²) in [5, 5.41) is 0. The van der Waals surface area contributed by atoms with Crippen LogP contribution in [0.1, 0.15) is 66.6 Å². The van der Waals surface area contributed by atoms with Crippen molar-refractivity contribution >= 4 is 0 Å². The molecule has 0 bridgehead atoms. The van der Waals surface area contributed by atoms with E-state index in [1.165, 1.54) is 43.4 Å². The minimum Gasteiger partial charge on any atom is -0.465 e. The fourth-order valence-corrected chi connectivity index (χ4v) is 3.87. The average Bonchev–Trinajstić information content (AvgIpc) is 3.00. The van der Waals surface area contributed by atoms with E-state index in [4.69, 9.17) is 14.4 Å². The van der Waals surface area contributed by atoms with Crippen LogP contribution in [0.25, 0.3) is 0 Å². The van der Waals surface area contributed by atoms with E-state index < -0.39 is 0 Å². The summed E-state index contributed by atoms with van der Waals surface area (Å²) < 4.78 is 5.70. The molecule has 0 spiro atoms. The van der Waals surface area contributed by atoms with Gasteiger partial charge in [-0.3, -0.25) is 4.90 Å². The summed E-state index contributed by atoms with van der Waals surface area (Å²) in [6.45, 7) is 4.85. The van der Waals surface area contributed by atoms with Gasteiger partial charge < -0.3 is 4.42 Å². The van der Waals surface area contributed by atoms with Crippen LogP contribution >= 0.6 is 0 Å². The lowest BCUT2D eigenvalue weighted by Gasteiger charge is -2.28. The lowest BCUT2D eigenvalue weighted by molar-refractivity contribution is 0.221. The lowest BCUT2D eigenvalue weighted by atomic mass is 9.88. The van der Waals surface area contributed by atoms with Crippen LogP contribution in [0.4, 0.5) is 0 Å². The van der Waals surface area contributed by atoms with E-state index in [0.29, 0.717) is 5.92 Å². The first-order chi connectivity index (χ1) is 11.3. The molecule has 2 aliphatic rings. The van der Waals surface area contributed by atoms with E-state index in [-0.39, 0.29) is 0 Å². The maximum atomic E-state index is 5.70. The van der Waals surface area contributed by atoms with Crippen LogP contribution in [-0.4, -0.2) is 21.4 Å². The van der Waals surface area contributed by atoms with Gasteiger partial charge in [-0.15, -0.1) is 0 Å². The predicted octanol–water partition coefficient (Wildman–Crippen LogP) is 3.98. The van der Waals surface area contributed by atoms with Crippen LogP contribution in [0.2, 0.25) is 0 Å². The van der Waals surface area contributed by atoms with Crippen LogP contribution in [-0.2, 0) is 19.5 Å². The Balaban J connectivity index is 1.45. The van der Waals surface area contributed by atoms with Gasteiger partial charge in [-0.05, 0) is 31.9 Å². The van der Waals surface area contributed by atoms with E-state index in [0.717, 1.165) is 43.4 Å². The van der Waals surface area contributed by atoms with Gasteiger partial charge in [0.2, 0.25) is 0 Å². The molecule has 4 heteroatoms. The normalized spacial score (nSPS) is 19.7. The number of aryl methyl sites for hydroxylation is 1. The molecule has 1 aliphatic heterocycles. The minimum atomic E-state index is 0.596. The number of furan rings is 1.